The van der Waals surface area contributed by atoms with Crippen LogP contribution in [0.25, 0.3) is 0 Å². The average molecular weight is 313 g/mol. The maximum atomic E-state index is 12.5. The van der Waals surface area contributed by atoms with E-state index >= 15 is 0 Å². The van der Waals surface area contributed by atoms with Crippen LogP contribution in [0.3, 0.4) is 0 Å². The summed E-state index contributed by atoms with van der Waals surface area (Å²) >= 11 is 0. The van der Waals surface area contributed by atoms with Gasteiger partial charge in [-0.1, -0.05) is 30.3 Å². The van der Waals surface area contributed by atoms with Crippen LogP contribution in [-0.4, -0.2) is 34.3 Å². The van der Waals surface area contributed by atoms with Gasteiger partial charge in [-0.2, -0.15) is 0 Å². The third kappa shape index (κ3) is 3.67. The molecular weight excluding hydrogens is 294 g/mol. The molecule has 0 bridgehead atoms. The highest BCUT2D eigenvalue weighted by molar-refractivity contribution is 5.94. The first-order valence-corrected chi connectivity index (χ1v) is 7.59. The first kappa shape index (κ1) is 15.5. The molecule has 1 amide bonds. The Morgan fingerprint density at radius 2 is 2.04 bits per heavy atom. The molecule has 0 saturated carbocycles. The summed E-state index contributed by atoms with van der Waals surface area (Å²) in [5, 5.41) is 15.1. The molecule has 0 aliphatic carbocycles. The Labute approximate surface area is 133 Å². The molecule has 2 atom stereocenters. The normalized spacial score (nSPS) is 20.4. The summed E-state index contributed by atoms with van der Waals surface area (Å²) in [5.41, 5.74) is 1.01. The van der Waals surface area contributed by atoms with Crippen molar-refractivity contribution < 1.29 is 9.90 Å². The SMILES string of the molecule is O=C(Nc1cccn(Cc2ccccc2)c1=O)C1CC(O)CN1. The zero-order valence-electron chi connectivity index (χ0n) is 12.6. The van der Waals surface area contributed by atoms with Gasteiger partial charge in [-0.15, -0.1) is 0 Å². The lowest BCUT2D eigenvalue weighted by Crippen LogP contribution is -2.37. The maximum Gasteiger partial charge on any atom is 0.274 e. The lowest BCUT2D eigenvalue weighted by Gasteiger charge is -2.12. The number of hydrogen-bond donors (Lipinski definition) is 3. The number of anilines is 1. The van der Waals surface area contributed by atoms with Crippen LogP contribution in [-0.2, 0) is 11.3 Å². The van der Waals surface area contributed by atoms with E-state index in [4.69, 9.17) is 0 Å². The number of rotatable bonds is 4. The number of nitrogens with one attached hydrogen (secondary N) is 2. The second kappa shape index (κ2) is 6.76. The van der Waals surface area contributed by atoms with Crippen molar-refractivity contribution in [3.63, 3.8) is 0 Å². The van der Waals surface area contributed by atoms with Gasteiger partial charge < -0.3 is 20.3 Å². The summed E-state index contributed by atoms with van der Waals surface area (Å²) in [6.45, 7) is 0.842. The molecule has 3 N–H and O–H groups in total. The van der Waals surface area contributed by atoms with E-state index < -0.39 is 12.1 Å². The number of aromatic nitrogens is 1. The zero-order chi connectivity index (χ0) is 16.2. The van der Waals surface area contributed by atoms with Crippen LogP contribution in [0.4, 0.5) is 5.69 Å². The number of carbonyl (C=O) groups excluding carboxylic acids is 1. The number of hydrogen-bond acceptors (Lipinski definition) is 4. The van der Waals surface area contributed by atoms with Crippen molar-refractivity contribution in [3.8, 4) is 0 Å². The highest BCUT2D eigenvalue weighted by Crippen LogP contribution is 2.09. The van der Waals surface area contributed by atoms with Crippen molar-refractivity contribution in [3.05, 3.63) is 64.6 Å². The van der Waals surface area contributed by atoms with E-state index in [1.165, 1.54) is 0 Å². The maximum absolute atomic E-state index is 12.5. The molecule has 6 nitrogen and oxygen atoms in total. The molecule has 0 spiro atoms. The molecule has 1 aromatic carbocycles. The lowest BCUT2D eigenvalue weighted by molar-refractivity contribution is -0.117. The van der Waals surface area contributed by atoms with Crippen LogP contribution in [0.15, 0.2) is 53.5 Å². The lowest BCUT2D eigenvalue weighted by atomic mass is 10.2. The van der Waals surface area contributed by atoms with E-state index in [9.17, 15) is 14.7 Å². The molecule has 1 aliphatic heterocycles. The van der Waals surface area contributed by atoms with E-state index in [0.717, 1.165) is 5.56 Å². The predicted molar refractivity (Wildman–Crippen MR) is 87.3 cm³/mol. The largest absolute Gasteiger partial charge is 0.392 e. The molecule has 1 aliphatic rings. The van der Waals surface area contributed by atoms with Crippen LogP contribution in [0.1, 0.15) is 12.0 Å². The first-order chi connectivity index (χ1) is 11.1. The van der Waals surface area contributed by atoms with E-state index in [-0.39, 0.29) is 17.2 Å². The second-order valence-corrected chi connectivity index (χ2v) is 5.68. The van der Waals surface area contributed by atoms with Crippen LogP contribution in [0, 0.1) is 0 Å². The predicted octanol–water partition coefficient (Wildman–Crippen LogP) is 0.558. The van der Waals surface area contributed by atoms with Crippen molar-refractivity contribution in [1.29, 1.82) is 0 Å². The van der Waals surface area contributed by atoms with Gasteiger partial charge in [0.2, 0.25) is 5.91 Å². The van der Waals surface area contributed by atoms with Crippen LogP contribution >= 0.6 is 0 Å². The second-order valence-electron chi connectivity index (χ2n) is 5.68. The summed E-state index contributed by atoms with van der Waals surface area (Å²) in [7, 11) is 0. The number of amides is 1. The number of aliphatic hydroxyl groups is 1. The topological polar surface area (TPSA) is 83.4 Å². The molecule has 0 radical (unpaired) electrons. The number of benzene rings is 1. The summed E-state index contributed by atoms with van der Waals surface area (Å²) in [6, 6.07) is 12.5. The highest BCUT2D eigenvalue weighted by atomic mass is 16.3. The van der Waals surface area contributed by atoms with Crippen molar-refractivity contribution >= 4 is 11.6 Å². The summed E-state index contributed by atoms with van der Waals surface area (Å²) < 4.78 is 1.56. The Balaban J connectivity index is 1.75. The average Bonchev–Trinajstić information content (AvgIpc) is 2.99. The smallest absolute Gasteiger partial charge is 0.274 e. The van der Waals surface area contributed by atoms with E-state index in [1.54, 1.807) is 22.9 Å². The van der Waals surface area contributed by atoms with E-state index in [0.29, 0.717) is 19.5 Å². The van der Waals surface area contributed by atoms with Crippen molar-refractivity contribution in [2.45, 2.75) is 25.1 Å². The quantitative estimate of drug-likeness (QED) is 0.770. The zero-order valence-corrected chi connectivity index (χ0v) is 12.6. The minimum atomic E-state index is -0.517. The highest BCUT2D eigenvalue weighted by Gasteiger charge is 2.28. The van der Waals surface area contributed by atoms with Gasteiger partial charge in [0, 0.05) is 12.7 Å². The number of β-amino-alcohol motifs (C(OH)–C–C–N with tert-alkyl or cyclic N) is 1. The standard InChI is InChI=1S/C17H19N3O3/c21-13-9-15(18-10-13)16(22)19-14-7-4-8-20(17(14)23)11-12-5-2-1-3-6-12/h1-8,13,15,18,21H,9-11H2,(H,19,22). The molecule has 23 heavy (non-hydrogen) atoms. The minimum Gasteiger partial charge on any atom is -0.392 e. The number of pyridine rings is 1. The molecule has 2 aromatic rings. The van der Waals surface area contributed by atoms with Crippen LogP contribution in [0.5, 0.6) is 0 Å². The molecule has 6 heteroatoms. The third-order valence-corrected chi connectivity index (χ3v) is 3.90. The number of aliphatic hydroxyl groups excluding tert-OH is 1. The van der Waals surface area contributed by atoms with Crippen LogP contribution < -0.4 is 16.2 Å². The van der Waals surface area contributed by atoms with Crippen LogP contribution in [0.2, 0.25) is 0 Å². The third-order valence-electron chi connectivity index (χ3n) is 3.90. The fourth-order valence-corrected chi connectivity index (χ4v) is 2.67. The molecule has 2 heterocycles. The number of carbonyl (C=O) groups is 1. The van der Waals surface area contributed by atoms with Gasteiger partial charge in [0.25, 0.3) is 5.56 Å². The Hall–Kier alpha value is -2.44. The Bertz CT molecular complexity index is 742. The van der Waals surface area contributed by atoms with Gasteiger partial charge in [-0.05, 0) is 24.1 Å². The monoisotopic (exact) mass is 313 g/mol. The Morgan fingerprint density at radius 1 is 1.26 bits per heavy atom. The molecule has 2 unspecified atom stereocenters. The summed E-state index contributed by atoms with van der Waals surface area (Å²) in [6.07, 6.45) is 1.54. The van der Waals surface area contributed by atoms with E-state index in [2.05, 4.69) is 10.6 Å². The molecule has 3 rings (SSSR count). The van der Waals surface area contributed by atoms with Gasteiger partial charge in [0.15, 0.2) is 0 Å². The van der Waals surface area contributed by atoms with Crippen molar-refractivity contribution in [2.75, 3.05) is 11.9 Å². The van der Waals surface area contributed by atoms with Gasteiger partial charge in [0.1, 0.15) is 5.69 Å². The van der Waals surface area contributed by atoms with Gasteiger partial charge in [-0.3, -0.25) is 9.59 Å². The first-order valence-electron chi connectivity index (χ1n) is 7.59. The van der Waals surface area contributed by atoms with Crippen molar-refractivity contribution in [2.24, 2.45) is 0 Å². The minimum absolute atomic E-state index is 0.247. The number of nitrogens with zero attached hydrogens (tertiary/aromatic N) is 1. The molecular formula is C17H19N3O3. The molecule has 1 aromatic heterocycles. The fraction of sp³-hybridized carbons (Fsp3) is 0.294. The van der Waals surface area contributed by atoms with Gasteiger partial charge in [-0.25, -0.2) is 0 Å². The molecule has 120 valence electrons. The summed E-state index contributed by atoms with van der Waals surface area (Å²) in [4.78, 5) is 24.6. The Morgan fingerprint density at radius 3 is 2.74 bits per heavy atom. The van der Waals surface area contributed by atoms with Crippen molar-refractivity contribution in [1.82, 2.24) is 9.88 Å². The fourth-order valence-electron chi connectivity index (χ4n) is 2.67. The summed E-state index contributed by atoms with van der Waals surface area (Å²) in [5.74, 6) is -0.295. The van der Waals surface area contributed by atoms with E-state index in [1.807, 2.05) is 30.3 Å². The van der Waals surface area contributed by atoms with Gasteiger partial charge in [0.05, 0.1) is 18.7 Å². The van der Waals surface area contributed by atoms with Gasteiger partial charge >= 0.3 is 0 Å². The molecule has 1 saturated heterocycles. The molecule has 1 fully saturated rings. The Kier molecular flexibility index (Phi) is 4.55.